The van der Waals surface area contributed by atoms with Crippen molar-refractivity contribution in [2.75, 3.05) is 0 Å². The van der Waals surface area contributed by atoms with Gasteiger partial charge in [-0.15, -0.1) is 11.3 Å². The number of fused-ring (bicyclic) bond motifs is 2. The number of thiophene rings is 1. The zero-order valence-electron chi connectivity index (χ0n) is 19.2. The van der Waals surface area contributed by atoms with Crippen molar-refractivity contribution in [1.82, 2.24) is 14.9 Å². The van der Waals surface area contributed by atoms with Gasteiger partial charge in [-0.1, -0.05) is 48.9 Å². The fourth-order valence-corrected chi connectivity index (χ4v) is 5.54. The molecule has 6 nitrogen and oxygen atoms in total. The van der Waals surface area contributed by atoms with Crippen LogP contribution in [0.25, 0.3) is 10.2 Å². The van der Waals surface area contributed by atoms with E-state index < -0.39 is 0 Å². The third-order valence-electron chi connectivity index (χ3n) is 6.31. The molecule has 0 saturated carbocycles. The van der Waals surface area contributed by atoms with Crippen LogP contribution >= 0.6 is 11.3 Å². The Hall–Kier alpha value is -3.45. The molecule has 2 aromatic carbocycles. The summed E-state index contributed by atoms with van der Waals surface area (Å²) in [6, 6.07) is 17.6. The number of nitrogens with one attached hydrogen (secondary N) is 1. The molecule has 3 heterocycles. The lowest BCUT2D eigenvalue weighted by Crippen LogP contribution is -2.25. The average Bonchev–Trinajstić information content (AvgIpc) is 3.02. The number of nitrogens with zero attached hydrogens (tertiary/aromatic N) is 2. The minimum Gasteiger partial charge on any atom is -0.489 e. The van der Waals surface area contributed by atoms with Crippen LogP contribution in [0.15, 0.2) is 59.4 Å². The van der Waals surface area contributed by atoms with E-state index in [2.05, 4.69) is 5.32 Å². The zero-order valence-corrected chi connectivity index (χ0v) is 20.0. The summed E-state index contributed by atoms with van der Waals surface area (Å²) in [5.74, 6) is 1.47. The molecule has 7 heteroatoms. The maximum atomic E-state index is 13.2. The monoisotopic (exact) mass is 473 g/mol. The Bertz CT molecular complexity index is 1390. The number of carbonyl (C=O) groups is 1. The lowest BCUT2D eigenvalue weighted by Gasteiger charge is -2.12. The Morgan fingerprint density at radius 2 is 1.82 bits per heavy atom. The lowest BCUT2D eigenvalue weighted by atomic mass is 10.1. The van der Waals surface area contributed by atoms with E-state index in [9.17, 15) is 9.59 Å². The second-order valence-electron chi connectivity index (χ2n) is 8.58. The van der Waals surface area contributed by atoms with Crippen molar-refractivity contribution in [2.45, 2.75) is 52.3 Å². The number of amides is 1. The van der Waals surface area contributed by atoms with Crippen LogP contribution in [0.4, 0.5) is 0 Å². The quantitative estimate of drug-likeness (QED) is 0.428. The Balaban J connectivity index is 1.34. The third-order valence-corrected chi connectivity index (χ3v) is 7.50. The van der Waals surface area contributed by atoms with E-state index in [-0.39, 0.29) is 11.5 Å². The topological polar surface area (TPSA) is 73.2 Å². The highest BCUT2D eigenvalue weighted by Crippen LogP contribution is 2.28. The first kappa shape index (κ1) is 22.3. The highest BCUT2D eigenvalue weighted by atomic mass is 32.1. The van der Waals surface area contributed by atoms with Gasteiger partial charge in [-0.2, -0.15) is 0 Å². The van der Waals surface area contributed by atoms with Crippen LogP contribution in [0.3, 0.4) is 0 Å². The molecule has 34 heavy (non-hydrogen) atoms. The largest absolute Gasteiger partial charge is 0.489 e. The van der Waals surface area contributed by atoms with Crippen molar-refractivity contribution >= 4 is 27.5 Å². The highest BCUT2D eigenvalue weighted by Gasteiger charge is 2.22. The van der Waals surface area contributed by atoms with Crippen LogP contribution < -0.4 is 15.6 Å². The summed E-state index contributed by atoms with van der Waals surface area (Å²) in [5, 5.41) is 3.61. The summed E-state index contributed by atoms with van der Waals surface area (Å²) in [5.41, 5.74) is 2.71. The fraction of sp³-hybridized carbons (Fsp3) is 0.296. The van der Waals surface area contributed by atoms with Gasteiger partial charge in [0.2, 0.25) is 0 Å². The van der Waals surface area contributed by atoms with E-state index in [1.807, 2.05) is 61.5 Å². The SMILES string of the molecule is Cc1c(C(=O)NCc2ccccc2COc2ccccc2)sc2nc3n(c(=O)c12)CCCCC3. The number of ether oxygens (including phenoxy) is 1. The molecule has 0 atom stereocenters. The molecule has 0 unspecified atom stereocenters. The molecule has 1 aliphatic heterocycles. The van der Waals surface area contributed by atoms with Gasteiger partial charge < -0.3 is 10.1 Å². The number of rotatable bonds is 6. The number of benzene rings is 2. The predicted octanol–water partition coefficient (Wildman–Crippen LogP) is 5.00. The summed E-state index contributed by atoms with van der Waals surface area (Å²) >= 11 is 1.31. The Morgan fingerprint density at radius 3 is 2.65 bits per heavy atom. The van der Waals surface area contributed by atoms with Gasteiger partial charge >= 0.3 is 0 Å². The van der Waals surface area contributed by atoms with Crippen LogP contribution in [-0.4, -0.2) is 15.5 Å². The van der Waals surface area contributed by atoms with Crippen LogP contribution in [0.5, 0.6) is 5.75 Å². The van der Waals surface area contributed by atoms with Crippen LogP contribution in [0, 0.1) is 6.92 Å². The van der Waals surface area contributed by atoms with Crippen LogP contribution in [0.2, 0.25) is 0 Å². The van der Waals surface area contributed by atoms with E-state index in [4.69, 9.17) is 9.72 Å². The number of hydrogen-bond acceptors (Lipinski definition) is 5. The molecule has 4 aromatic rings. The summed E-state index contributed by atoms with van der Waals surface area (Å²) in [4.78, 5) is 32.3. The normalized spacial score (nSPS) is 13.3. The molecule has 0 saturated heterocycles. The van der Waals surface area contributed by atoms with E-state index in [1.165, 1.54) is 11.3 Å². The molecule has 2 aromatic heterocycles. The van der Waals surface area contributed by atoms with Gasteiger partial charge in [-0.05, 0) is 48.6 Å². The predicted molar refractivity (Wildman–Crippen MR) is 135 cm³/mol. The molecule has 0 spiro atoms. The summed E-state index contributed by atoms with van der Waals surface area (Å²) in [6.07, 6.45) is 3.96. The maximum Gasteiger partial charge on any atom is 0.262 e. The van der Waals surface area contributed by atoms with Crippen LogP contribution in [-0.2, 0) is 26.1 Å². The Labute approximate surface area is 202 Å². The van der Waals surface area contributed by atoms with E-state index in [0.717, 1.165) is 53.9 Å². The van der Waals surface area contributed by atoms with Gasteiger partial charge in [0.05, 0.1) is 10.3 Å². The molecule has 5 rings (SSSR count). The first-order chi connectivity index (χ1) is 16.6. The molecule has 0 aliphatic carbocycles. The van der Waals surface area contributed by atoms with E-state index >= 15 is 0 Å². The van der Waals surface area contributed by atoms with Crippen molar-refractivity contribution in [3.05, 3.63) is 92.3 Å². The summed E-state index contributed by atoms with van der Waals surface area (Å²) in [7, 11) is 0. The molecule has 0 radical (unpaired) electrons. The van der Waals surface area contributed by atoms with Gasteiger partial charge in [-0.25, -0.2) is 4.98 Å². The number of aryl methyl sites for hydroxylation is 2. The maximum absolute atomic E-state index is 13.2. The van der Waals surface area contributed by atoms with E-state index in [1.54, 1.807) is 4.57 Å². The first-order valence-electron chi connectivity index (χ1n) is 11.7. The first-order valence-corrected chi connectivity index (χ1v) is 12.5. The number of aromatic nitrogens is 2. The highest BCUT2D eigenvalue weighted by molar-refractivity contribution is 7.20. The summed E-state index contributed by atoms with van der Waals surface area (Å²) < 4.78 is 7.70. The summed E-state index contributed by atoms with van der Waals surface area (Å²) in [6.45, 7) is 3.35. The average molecular weight is 474 g/mol. The van der Waals surface area contributed by atoms with Gasteiger partial charge in [0, 0.05) is 19.5 Å². The molecule has 174 valence electrons. The minimum atomic E-state index is -0.182. The zero-order chi connectivity index (χ0) is 23.5. The number of para-hydroxylation sites is 1. The van der Waals surface area contributed by atoms with Crippen molar-refractivity contribution in [3.8, 4) is 5.75 Å². The lowest BCUT2D eigenvalue weighted by molar-refractivity contribution is 0.0954. The molecule has 1 N–H and O–H groups in total. The second-order valence-corrected chi connectivity index (χ2v) is 9.58. The molecule has 1 aliphatic rings. The van der Waals surface area contributed by atoms with Crippen molar-refractivity contribution in [1.29, 1.82) is 0 Å². The third kappa shape index (κ3) is 4.48. The molecule has 0 fully saturated rings. The fourth-order valence-electron chi connectivity index (χ4n) is 4.43. The van der Waals surface area contributed by atoms with Gasteiger partial charge in [-0.3, -0.25) is 14.2 Å². The van der Waals surface area contributed by atoms with Gasteiger partial charge in [0.1, 0.15) is 23.0 Å². The van der Waals surface area contributed by atoms with Crippen LogP contribution in [0.1, 0.15) is 51.4 Å². The van der Waals surface area contributed by atoms with Crippen molar-refractivity contribution < 1.29 is 9.53 Å². The van der Waals surface area contributed by atoms with Crippen molar-refractivity contribution in [3.63, 3.8) is 0 Å². The molecular weight excluding hydrogens is 446 g/mol. The minimum absolute atomic E-state index is 0.0156. The number of hydrogen-bond donors (Lipinski definition) is 1. The molecule has 0 bridgehead atoms. The molecular formula is C27H27N3O3S. The molecule has 1 amide bonds. The number of carbonyl (C=O) groups excluding carboxylic acids is 1. The smallest absolute Gasteiger partial charge is 0.262 e. The standard InChI is InChI=1S/C27H27N3O3S/c1-18-23-26(29-22-14-6-3-9-15-30(22)27(23)32)34-24(18)25(31)28-16-19-10-7-8-11-20(19)17-33-21-12-4-2-5-13-21/h2,4-5,7-8,10-13H,3,6,9,14-17H2,1H3,(H,28,31). The Morgan fingerprint density at radius 1 is 1.06 bits per heavy atom. The Kier molecular flexibility index (Phi) is 6.45. The van der Waals surface area contributed by atoms with E-state index in [0.29, 0.717) is 34.8 Å². The van der Waals surface area contributed by atoms with Gasteiger partial charge in [0.15, 0.2) is 0 Å². The van der Waals surface area contributed by atoms with Crippen molar-refractivity contribution in [2.24, 2.45) is 0 Å². The van der Waals surface area contributed by atoms with Gasteiger partial charge in [0.25, 0.3) is 11.5 Å². The second kappa shape index (κ2) is 9.81.